The minimum atomic E-state index is 0.664. The van der Waals surface area contributed by atoms with Gasteiger partial charge < -0.3 is 18.1 Å². The first-order valence-electron chi connectivity index (χ1n) is 23.7. The predicted octanol–water partition coefficient (Wildman–Crippen LogP) is 16.7. The van der Waals surface area contributed by atoms with Crippen LogP contribution in [0.1, 0.15) is 0 Å². The Kier molecular flexibility index (Phi) is 8.26. The molecule has 0 aliphatic heterocycles. The Morgan fingerprint density at radius 2 is 0.786 bits per heavy atom. The highest BCUT2D eigenvalue weighted by Crippen LogP contribution is 2.41. The summed E-state index contributed by atoms with van der Waals surface area (Å²) in [6, 6.07) is 82.9. The zero-order valence-corrected chi connectivity index (χ0v) is 37.7. The van der Waals surface area contributed by atoms with Crippen LogP contribution < -0.4 is 0 Å². The van der Waals surface area contributed by atoms with Crippen molar-refractivity contribution in [2.45, 2.75) is 0 Å². The van der Waals surface area contributed by atoms with Crippen molar-refractivity contribution in [3.63, 3.8) is 0 Å². The maximum Gasteiger partial charge on any atom is 0.180 e. The van der Waals surface area contributed by atoms with Gasteiger partial charge in [0.15, 0.2) is 5.58 Å². The molecule has 0 radical (unpaired) electrons. The first-order valence-corrected chi connectivity index (χ1v) is 23.7. The topological polar surface area (TPSA) is 53.7 Å². The van der Waals surface area contributed by atoms with Crippen LogP contribution in [-0.4, -0.2) is 23.7 Å². The van der Waals surface area contributed by atoms with Gasteiger partial charge in [0.1, 0.15) is 23.1 Å². The molecule has 0 aliphatic rings. The van der Waals surface area contributed by atoms with Crippen molar-refractivity contribution in [3.05, 3.63) is 237 Å². The van der Waals surface area contributed by atoms with Gasteiger partial charge in [0, 0.05) is 60.3 Å². The van der Waals surface area contributed by atoms with Gasteiger partial charge in [-0.3, -0.25) is 0 Å². The molecule has 10 aromatic carbocycles. The van der Waals surface area contributed by atoms with E-state index in [-0.39, 0.29) is 0 Å². The minimum absolute atomic E-state index is 0.664. The van der Waals surface area contributed by atoms with Crippen molar-refractivity contribution in [3.8, 4) is 50.6 Å². The quantitative estimate of drug-likeness (QED) is 0.167. The largest absolute Gasteiger partial charge is 0.452 e. The molecule has 15 aromatic rings. The van der Waals surface area contributed by atoms with Gasteiger partial charge in [0.05, 0.1) is 33.1 Å². The van der Waals surface area contributed by atoms with Crippen molar-refractivity contribution in [2.75, 3.05) is 0 Å². The molecule has 5 aromatic heterocycles. The van der Waals surface area contributed by atoms with Gasteiger partial charge in [0.25, 0.3) is 0 Å². The normalized spacial score (nSPS) is 12.0. The molecule has 5 heterocycles. The Bertz CT molecular complexity index is 4590. The number of nitrogens with zero attached hydrogens (tertiary/aromatic N) is 5. The van der Waals surface area contributed by atoms with Crippen LogP contribution in [0.25, 0.3) is 138 Å². The van der Waals surface area contributed by atoms with E-state index < -0.39 is 0 Å². The molecule has 0 unspecified atom stereocenters. The van der Waals surface area contributed by atoms with Gasteiger partial charge >= 0.3 is 0 Å². The second kappa shape index (κ2) is 15.0. The molecule has 0 saturated carbocycles. The summed E-state index contributed by atoms with van der Waals surface area (Å²) in [7, 11) is 0. The summed E-state index contributed by atoms with van der Waals surface area (Å²) in [6.45, 7) is 0. The lowest BCUT2D eigenvalue weighted by Gasteiger charge is -2.11. The molecule has 0 atom stereocenters. The average molecular weight is 894 g/mol. The molecule has 0 bridgehead atoms. The van der Waals surface area contributed by atoms with E-state index in [1.807, 2.05) is 0 Å². The molecule has 15 rings (SSSR count). The van der Waals surface area contributed by atoms with Gasteiger partial charge in [0.2, 0.25) is 0 Å². The summed E-state index contributed by atoms with van der Waals surface area (Å²) in [5.74, 6) is 0. The van der Waals surface area contributed by atoms with Gasteiger partial charge in [-0.05, 0) is 113 Å². The third-order valence-corrected chi connectivity index (χ3v) is 14.3. The average Bonchev–Trinajstić information content (AvgIpc) is 4.17. The zero-order chi connectivity index (χ0) is 45.9. The van der Waals surface area contributed by atoms with Crippen molar-refractivity contribution in [1.29, 1.82) is 0 Å². The summed E-state index contributed by atoms with van der Waals surface area (Å²) in [4.78, 5) is 9.75. The van der Waals surface area contributed by atoms with E-state index in [1.165, 1.54) is 65.6 Å². The van der Waals surface area contributed by atoms with Crippen molar-refractivity contribution in [1.82, 2.24) is 23.7 Å². The minimum Gasteiger partial charge on any atom is -0.452 e. The molecule has 0 amide bonds. The Labute approximate surface area is 401 Å². The number of hydrogen-bond donors (Lipinski definition) is 0. The Morgan fingerprint density at radius 1 is 0.286 bits per heavy atom. The monoisotopic (exact) mass is 893 g/mol. The van der Waals surface area contributed by atoms with E-state index >= 15 is 0 Å². The standard InChI is InChI=1S/C64H39N5O/c1-3-14-40(15-4-1)41-27-31-59-52(35-41)49-21-9-12-25-57(49)69(59)47-29-33-61-54(38-47)63-64(70-61)62(65-39-66-63)44-16-13-19-46(34-44)68-56-24-11-8-22-50(56)53-36-42(28-32-58(53)68)43-26-30-51-48-20-7-10-23-55(48)67(60(51)37-43)45-17-5-2-6-18-45/h1-39H. The summed E-state index contributed by atoms with van der Waals surface area (Å²) >= 11 is 0. The molecule has 0 saturated heterocycles. The highest BCUT2D eigenvalue weighted by molar-refractivity contribution is 6.14. The van der Waals surface area contributed by atoms with Gasteiger partial charge in [-0.2, -0.15) is 0 Å². The van der Waals surface area contributed by atoms with Crippen molar-refractivity contribution >= 4 is 87.5 Å². The number of hydrogen-bond acceptors (Lipinski definition) is 3. The Balaban J connectivity index is 0.835. The van der Waals surface area contributed by atoms with Crippen LogP contribution in [0.15, 0.2) is 241 Å². The van der Waals surface area contributed by atoms with Crippen LogP contribution in [0, 0.1) is 0 Å². The molecule has 70 heavy (non-hydrogen) atoms. The maximum atomic E-state index is 6.71. The third-order valence-electron chi connectivity index (χ3n) is 14.3. The molecular formula is C64H39N5O. The lowest BCUT2D eigenvalue weighted by Crippen LogP contribution is -1.95. The molecule has 6 heteroatoms. The summed E-state index contributed by atoms with van der Waals surface area (Å²) in [6.07, 6.45) is 1.66. The number of fused-ring (bicyclic) bond motifs is 12. The highest BCUT2D eigenvalue weighted by atomic mass is 16.3. The van der Waals surface area contributed by atoms with Crippen LogP contribution in [0.2, 0.25) is 0 Å². The summed E-state index contributed by atoms with van der Waals surface area (Å²) in [5, 5.41) is 8.25. The fourth-order valence-corrected chi connectivity index (χ4v) is 11.2. The van der Waals surface area contributed by atoms with Gasteiger partial charge in [-0.1, -0.05) is 140 Å². The Morgan fingerprint density at radius 3 is 1.47 bits per heavy atom. The van der Waals surface area contributed by atoms with E-state index in [4.69, 9.17) is 14.4 Å². The molecule has 0 N–H and O–H groups in total. The summed E-state index contributed by atoms with van der Waals surface area (Å²) in [5.41, 5.74) is 18.8. The lowest BCUT2D eigenvalue weighted by molar-refractivity contribution is 0.667. The van der Waals surface area contributed by atoms with Crippen LogP contribution in [-0.2, 0) is 0 Å². The second-order valence-electron chi connectivity index (χ2n) is 18.2. The molecule has 326 valence electrons. The number of rotatable bonds is 6. The van der Waals surface area contributed by atoms with Crippen LogP contribution >= 0.6 is 0 Å². The van der Waals surface area contributed by atoms with Gasteiger partial charge in [-0.25, -0.2) is 9.97 Å². The molecule has 0 aliphatic carbocycles. The van der Waals surface area contributed by atoms with Crippen LogP contribution in [0.4, 0.5) is 0 Å². The SMILES string of the molecule is c1ccc(-c2ccc3c(c2)c2ccccc2n3-c2ccc3oc4c(-c5cccc(-n6c7ccccc7c7cc(-c8ccc9c%10ccccc%10n(-c%10ccccc%10)c9c8)ccc76)c5)ncnc4c3c2)cc1. The fourth-order valence-electron chi connectivity index (χ4n) is 11.2. The van der Waals surface area contributed by atoms with E-state index in [2.05, 4.69) is 244 Å². The van der Waals surface area contributed by atoms with E-state index in [1.54, 1.807) is 6.33 Å². The summed E-state index contributed by atoms with van der Waals surface area (Å²) < 4.78 is 13.8. The fraction of sp³-hybridized carbons (Fsp3) is 0. The molecular weight excluding hydrogens is 855 g/mol. The van der Waals surface area contributed by atoms with E-state index in [0.717, 1.165) is 66.9 Å². The molecule has 0 spiro atoms. The second-order valence-corrected chi connectivity index (χ2v) is 18.2. The number of furan rings is 1. The van der Waals surface area contributed by atoms with Crippen molar-refractivity contribution < 1.29 is 4.42 Å². The lowest BCUT2D eigenvalue weighted by atomic mass is 10.0. The number of para-hydroxylation sites is 4. The first kappa shape index (κ1) is 38.6. The van der Waals surface area contributed by atoms with E-state index in [9.17, 15) is 0 Å². The predicted molar refractivity (Wildman–Crippen MR) is 289 cm³/mol. The first-order chi connectivity index (χ1) is 34.7. The van der Waals surface area contributed by atoms with Crippen molar-refractivity contribution in [2.24, 2.45) is 0 Å². The third kappa shape index (κ3) is 5.74. The van der Waals surface area contributed by atoms with Gasteiger partial charge in [-0.15, -0.1) is 0 Å². The highest BCUT2D eigenvalue weighted by Gasteiger charge is 2.21. The van der Waals surface area contributed by atoms with Crippen LogP contribution in [0.3, 0.4) is 0 Å². The molecule has 0 fully saturated rings. The number of benzene rings is 10. The smallest absolute Gasteiger partial charge is 0.180 e. The zero-order valence-electron chi connectivity index (χ0n) is 37.7. The Hall–Kier alpha value is -9.52. The van der Waals surface area contributed by atoms with Crippen LogP contribution in [0.5, 0.6) is 0 Å². The molecule has 6 nitrogen and oxygen atoms in total. The number of aromatic nitrogens is 5. The maximum absolute atomic E-state index is 6.71. The van der Waals surface area contributed by atoms with E-state index in [0.29, 0.717) is 5.58 Å².